The summed E-state index contributed by atoms with van der Waals surface area (Å²) in [6.45, 7) is 5.19. The summed E-state index contributed by atoms with van der Waals surface area (Å²) < 4.78 is 12.5. The van der Waals surface area contributed by atoms with Gasteiger partial charge in [0.25, 0.3) is 0 Å². The molecule has 0 amide bonds. The summed E-state index contributed by atoms with van der Waals surface area (Å²) in [5.74, 6) is -0.241. The highest BCUT2D eigenvalue weighted by molar-refractivity contribution is 5.21. The molecule has 0 bridgehead atoms. The van der Waals surface area contributed by atoms with E-state index >= 15 is 0 Å². The van der Waals surface area contributed by atoms with Gasteiger partial charge < -0.3 is 0 Å². The van der Waals surface area contributed by atoms with Crippen LogP contribution in [0.15, 0.2) is 12.3 Å². The molecule has 0 aliphatic heterocycles. The number of rotatable bonds is 0. The van der Waals surface area contributed by atoms with Crippen LogP contribution in [0.3, 0.4) is 0 Å². The van der Waals surface area contributed by atoms with Gasteiger partial charge in [-0.25, -0.2) is 4.39 Å². The molecule has 1 aromatic rings. The normalized spacial score (nSPS) is 9.67. The van der Waals surface area contributed by atoms with Crippen molar-refractivity contribution in [1.82, 2.24) is 4.98 Å². The first-order valence-electron chi connectivity index (χ1n) is 2.65. The molecule has 0 spiro atoms. The minimum absolute atomic E-state index is 0.241. The molecule has 0 aliphatic carbocycles. The topological polar surface area (TPSA) is 12.9 Å². The van der Waals surface area contributed by atoms with E-state index in [4.69, 9.17) is 0 Å². The predicted octanol–water partition coefficient (Wildman–Crippen LogP) is 1.71. The Kier molecular flexibility index (Phi) is 1.47. The van der Waals surface area contributed by atoms with Gasteiger partial charge in [-0.05, 0) is 19.9 Å². The van der Waals surface area contributed by atoms with Crippen LogP contribution in [-0.2, 0) is 0 Å². The van der Waals surface area contributed by atoms with Gasteiger partial charge in [0.1, 0.15) is 5.82 Å². The Labute approximate surface area is 53.5 Å². The smallest absolute Gasteiger partial charge is 0.129 e. The SMILES string of the molecule is [CH2]c1nccc(F)c1C. The zero-order valence-corrected chi connectivity index (χ0v) is 5.19. The maximum Gasteiger partial charge on any atom is 0.129 e. The number of hydrogen-bond donors (Lipinski definition) is 0. The molecule has 0 aliphatic rings. The molecule has 0 N–H and O–H groups in total. The van der Waals surface area contributed by atoms with Gasteiger partial charge in [0.05, 0.1) is 0 Å². The largest absolute Gasteiger partial charge is 0.261 e. The molecule has 0 aromatic carbocycles. The van der Waals surface area contributed by atoms with Gasteiger partial charge in [0.15, 0.2) is 0 Å². The van der Waals surface area contributed by atoms with Gasteiger partial charge in [-0.15, -0.1) is 0 Å². The van der Waals surface area contributed by atoms with Crippen LogP contribution in [0.4, 0.5) is 4.39 Å². The molecular formula is C7H7FN. The Hall–Kier alpha value is -0.920. The van der Waals surface area contributed by atoms with Crippen LogP contribution >= 0.6 is 0 Å². The van der Waals surface area contributed by atoms with Crippen molar-refractivity contribution in [3.63, 3.8) is 0 Å². The van der Waals surface area contributed by atoms with Crippen molar-refractivity contribution in [2.45, 2.75) is 6.92 Å². The second-order valence-corrected chi connectivity index (χ2v) is 1.86. The summed E-state index contributed by atoms with van der Waals surface area (Å²) in [4.78, 5) is 3.79. The lowest BCUT2D eigenvalue weighted by molar-refractivity contribution is 0.614. The van der Waals surface area contributed by atoms with Crippen molar-refractivity contribution in [1.29, 1.82) is 0 Å². The van der Waals surface area contributed by atoms with Crippen molar-refractivity contribution in [2.24, 2.45) is 0 Å². The summed E-state index contributed by atoms with van der Waals surface area (Å²) >= 11 is 0. The standard InChI is InChI=1S/C7H7FN/c1-5-6(2)9-4-3-7(5)8/h3-4H,2H2,1H3. The Morgan fingerprint density at radius 1 is 1.67 bits per heavy atom. The van der Waals surface area contributed by atoms with E-state index in [2.05, 4.69) is 11.9 Å². The molecule has 1 radical (unpaired) electrons. The van der Waals surface area contributed by atoms with Crippen molar-refractivity contribution < 1.29 is 4.39 Å². The molecule has 1 nitrogen and oxygen atoms in total. The Morgan fingerprint density at radius 3 is 2.78 bits per heavy atom. The van der Waals surface area contributed by atoms with Gasteiger partial charge >= 0.3 is 0 Å². The molecular weight excluding hydrogens is 117 g/mol. The average molecular weight is 124 g/mol. The monoisotopic (exact) mass is 124 g/mol. The highest BCUT2D eigenvalue weighted by Gasteiger charge is 1.97. The zero-order valence-electron chi connectivity index (χ0n) is 5.19. The predicted molar refractivity (Wildman–Crippen MR) is 33.4 cm³/mol. The van der Waals surface area contributed by atoms with E-state index in [0.717, 1.165) is 0 Å². The first kappa shape index (κ1) is 6.20. The first-order valence-corrected chi connectivity index (χ1v) is 2.65. The molecule has 9 heavy (non-hydrogen) atoms. The number of halogens is 1. The quantitative estimate of drug-likeness (QED) is 0.513. The van der Waals surface area contributed by atoms with E-state index in [1.807, 2.05) is 0 Å². The van der Waals surface area contributed by atoms with E-state index in [1.165, 1.54) is 12.3 Å². The molecule has 0 unspecified atom stereocenters. The van der Waals surface area contributed by atoms with E-state index in [0.29, 0.717) is 11.3 Å². The highest BCUT2D eigenvalue weighted by atomic mass is 19.1. The minimum atomic E-state index is -0.241. The Balaban J connectivity index is 3.25. The molecule has 1 aromatic heterocycles. The summed E-state index contributed by atoms with van der Waals surface area (Å²) in [6, 6.07) is 1.32. The van der Waals surface area contributed by atoms with Crippen LogP contribution in [0, 0.1) is 19.7 Å². The van der Waals surface area contributed by atoms with Gasteiger partial charge in [-0.1, -0.05) is 0 Å². The number of pyridine rings is 1. The van der Waals surface area contributed by atoms with E-state index < -0.39 is 0 Å². The Morgan fingerprint density at radius 2 is 2.33 bits per heavy atom. The fraction of sp³-hybridized carbons (Fsp3) is 0.143. The van der Waals surface area contributed by atoms with Crippen LogP contribution in [0.2, 0.25) is 0 Å². The molecule has 1 heterocycles. The average Bonchev–Trinajstić information content (AvgIpc) is 1.83. The van der Waals surface area contributed by atoms with Crippen molar-refractivity contribution >= 4 is 0 Å². The second-order valence-electron chi connectivity index (χ2n) is 1.86. The minimum Gasteiger partial charge on any atom is -0.261 e. The first-order chi connectivity index (χ1) is 4.22. The van der Waals surface area contributed by atoms with Gasteiger partial charge in [0.2, 0.25) is 0 Å². The third-order valence-corrected chi connectivity index (χ3v) is 1.24. The van der Waals surface area contributed by atoms with Gasteiger partial charge in [-0.2, -0.15) is 0 Å². The third-order valence-electron chi connectivity index (χ3n) is 1.24. The lowest BCUT2D eigenvalue weighted by Crippen LogP contribution is -1.88. The van der Waals surface area contributed by atoms with E-state index in [-0.39, 0.29) is 5.82 Å². The summed E-state index contributed by atoms with van der Waals surface area (Å²) in [6.07, 6.45) is 1.41. The molecule has 2 heteroatoms. The lowest BCUT2D eigenvalue weighted by atomic mass is 10.2. The summed E-state index contributed by atoms with van der Waals surface area (Å²) in [5, 5.41) is 0. The third kappa shape index (κ3) is 1.07. The van der Waals surface area contributed by atoms with Crippen molar-refractivity contribution in [3.8, 4) is 0 Å². The molecule has 0 saturated heterocycles. The van der Waals surface area contributed by atoms with Crippen LogP contribution in [-0.4, -0.2) is 4.98 Å². The molecule has 0 saturated carbocycles. The highest BCUT2D eigenvalue weighted by Crippen LogP contribution is 2.06. The fourth-order valence-corrected chi connectivity index (χ4v) is 0.552. The van der Waals surface area contributed by atoms with Crippen LogP contribution in [0.1, 0.15) is 11.3 Å². The van der Waals surface area contributed by atoms with Crippen molar-refractivity contribution in [2.75, 3.05) is 0 Å². The van der Waals surface area contributed by atoms with Crippen LogP contribution < -0.4 is 0 Å². The maximum absolute atomic E-state index is 12.5. The fourth-order valence-electron chi connectivity index (χ4n) is 0.552. The van der Waals surface area contributed by atoms with Crippen LogP contribution in [0.5, 0.6) is 0 Å². The molecule has 47 valence electrons. The maximum atomic E-state index is 12.5. The zero-order chi connectivity index (χ0) is 6.85. The molecule has 0 atom stereocenters. The number of nitrogens with zero attached hydrogens (tertiary/aromatic N) is 1. The lowest BCUT2D eigenvalue weighted by Gasteiger charge is -1.96. The summed E-state index contributed by atoms with van der Waals surface area (Å²) in [7, 11) is 0. The van der Waals surface area contributed by atoms with E-state index in [9.17, 15) is 4.39 Å². The van der Waals surface area contributed by atoms with E-state index in [1.54, 1.807) is 6.92 Å². The van der Waals surface area contributed by atoms with Gasteiger partial charge in [-0.3, -0.25) is 4.98 Å². The van der Waals surface area contributed by atoms with Crippen LogP contribution in [0.25, 0.3) is 0 Å². The second kappa shape index (κ2) is 2.13. The van der Waals surface area contributed by atoms with Gasteiger partial charge in [0, 0.05) is 17.5 Å². The molecule has 1 rings (SSSR count). The number of hydrogen-bond acceptors (Lipinski definition) is 1. The number of aromatic nitrogens is 1. The summed E-state index contributed by atoms with van der Waals surface area (Å²) in [5.41, 5.74) is 1.03. The Bertz CT molecular complexity index is 200. The van der Waals surface area contributed by atoms with Crippen molar-refractivity contribution in [3.05, 3.63) is 36.3 Å². The molecule has 0 fully saturated rings.